The topological polar surface area (TPSA) is 124 Å². The quantitative estimate of drug-likeness (QED) is 0.647. The van der Waals surface area contributed by atoms with E-state index in [0.29, 0.717) is 44.6 Å². The minimum absolute atomic E-state index is 0.0536. The molecule has 4 heterocycles. The van der Waals surface area contributed by atoms with Gasteiger partial charge in [0.15, 0.2) is 11.3 Å². The Labute approximate surface area is 198 Å². The number of ether oxygens (including phenoxy) is 2. The second-order valence-electron chi connectivity index (χ2n) is 8.29. The van der Waals surface area contributed by atoms with E-state index in [9.17, 15) is 22.8 Å². The van der Waals surface area contributed by atoms with Gasteiger partial charge in [0.25, 0.3) is 5.56 Å². The zero-order chi connectivity index (χ0) is 25.0. The van der Waals surface area contributed by atoms with Gasteiger partial charge in [-0.25, -0.2) is 10.1 Å². The highest BCUT2D eigenvalue weighted by Crippen LogP contribution is 2.33. The predicted octanol–water partition coefficient (Wildman–Crippen LogP) is 1.72. The van der Waals surface area contributed by atoms with Crippen LogP contribution in [-0.2, 0) is 15.7 Å². The molecule has 2 aliphatic rings. The van der Waals surface area contributed by atoms with Crippen LogP contribution in [0.2, 0.25) is 0 Å². The smallest absolute Gasteiger partial charge is 0.425 e. The summed E-state index contributed by atoms with van der Waals surface area (Å²) in [7, 11) is 0. The van der Waals surface area contributed by atoms with Crippen molar-refractivity contribution in [3.8, 4) is 11.8 Å². The van der Waals surface area contributed by atoms with E-state index in [4.69, 9.17) is 14.7 Å². The zero-order valence-corrected chi connectivity index (χ0v) is 18.6. The SMILES string of the molecule is N#Cc1ccc(N2CCN(C(=O)CC3CCC(COc4cn[nH]c(=O)c4C(F)(F)F)O3)CC2)nc1. The number of hydrogen-bond acceptors (Lipinski definition) is 8. The Morgan fingerprint density at radius 1 is 1.20 bits per heavy atom. The molecule has 0 radical (unpaired) electrons. The molecule has 35 heavy (non-hydrogen) atoms. The molecule has 2 unspecified atom stereocenters. The molecule has 0 bridgehead atoms. The first-order valence-corrected chi connectivity index (χ1v) is 11.1. The second kappa shape index (κ2) is 10.3. The van der Waals surface area contributed by atoms with Gasteiger partial charge in [0.05, 0.1) is 30.4 Å². The molecule has 13 heteroatoms. The number of aromatic nitrogens is 3. The third-order valence-electron chi connectivity index (χ3n) is 5.96. The molecule has 0 saturated carbocycles. The summed E-state index contributed by atoms with van der Waals surface area (Å²) in [5.74, 6) is 0.0449. The van der Waals surface area contributed by atoms with Gasteiger partial charge >= 0.3 is 6.18 Å². The highest BCUT2D eigenvalue weighted by atomic mass is 19.4. The van der Waals surface area contributed by atoms with Gasteiger partial charge in [-0.3, -0.25) is 9.59 Å². The van der Waals surface area contributed by atoms with E-state index in [1.807, 2.05) is 11.0 Å². The molecular formula is C22H23F3N6O4. The lowest BCUT2D eigenvalue weighted by atomic mass is 10.1. The molecule has 2 fully saturated rings. The van der Waals surface area contributed by atoms with E-state index < -0.39 is 29.2 Å². The summed E-state index contributed by atoms with van der Waals surface area (Å²) < 4.78 is 50.4. The number of nitriles is 1. The number of H-pyrrole nitrogens is 1. The molecule has 1 amide bonds. The Morgan fingerprint density at radius 3 is 2.60 bits per heavy atom. The highest BCUT2D eigenvalue weighted by molar-refractivity contribution is 5.77. The number of piperazine rings is 1. The lowest BCUT2D eigenvalue weighted by molar-refractivity contribution is -0.141. The minimum atomic E-state index is -4.88. The van der Waals surface area contributed by atoms with Crippen molar-refractivity contribution in [2.45, 2.75) is 37.6 Å². The summed E-state index contributed by atoms with van der Waals surface area (Å²) >= 11 is 0. The number of nitrogens with zero attached hydrogens (tertiary/aromatic N) is 5. The Morgan fingerprint density at radius 2 is 1.94 bits per heavy atom. The molecule has 0 spiro atoms. The van der Waals surface area contributed by atoms with E-state index in [2.05, 4.69) is 10.1 Å². The molecule has 1 N–H and O–H groups in total. The summed E-state index contributed by atoms with van der Waals surface area (Å²) in [5, 5.41) is 14.0. The number of amides is 1. The fourth-order valence-corrected chi connectivity index (χ4v) is 4.14. The number of anilines is 1. The number of hydrogen-bond donors (Lipinski definition) is 1. The molecule has 0 aliphatic carbocycles. The number of halogens is 3. The summed E-state index contributed by atoms with van der Waals surface area (Å²) in [4.78, 5) is 32.3. The summed E-state index contributed by atoms with van der Waals surface area (Å²) in [6, 6.07) is 5.51. The van der Waals surface area contributed by atoms with E-state index >= 15 is 0 Å². The van der Waals surface area contributed by atoms with Crippen molar-refractivity contribution in [3.63, 3.8) is 0 Å². The van der Waals surface area contributed by atoms with Crippen molar-refractivity contribution in [3.05, 3.63) is 46.0 Å². The van der Waals surface area contributed by atoms with Gasteiger partial charge in [-0.15, -0.1) is 0 Å². The summed E-state index contributed by atoms with van der Waals surface area (Å²) in [5.41, 5.74) is -2.33. The fourth-order valence-electron chi connectivity index (χ4n) is 4.14. The number of aromatic amines is 1. The van der Waals surface area contributed by atoms with Gasteiger partial charge in [0.2, 0.25) is 5.91 Å². The first-order valence-electron chi connectivity index (χ1n) is 11.1. The first kappa shape index (κ1) is 24.5. The van der Waals surface area contributed by atoms with Gasteiger partial charge in [-0.2, -0.15) is 23.5 Å². The Balaban J connectivity index is 1.23. The Hall–Kier alpha value is -3.66. The third kappa shape index (κ3) is 5.89. The highest BCUT2D eigenvalue weighted by Gasteiger charge is 2.39. The molecule has 2 aromatic heterocycles. The fraction of sp³-hybridized carbons (Fsp3) is 0.500. The first-order chi connectivity index (χ1) is 16.7. The molecule has 2 saturated heterocycles. The normalized spacial score (nSPS) is 20.5. The van der Waals surface area contributed by atoms with Crippen LogP contribution in [0.5, 0.6) is 5.75 Å². The number of pyridine rings is 1. The number of carbonyl (C=O) groups excluding carboxylic acids is 1. The van der Waals surface area contributed by atoms with E-state index in [0.717, 1.165) is 12.0 Å². The minimum Gasteiger partial charge on any atom is -0.488 e. The molecule has 2 atom stereocenters. The largest absolute Gasteiger partial charge is 0.488 e. The number of nitrogens with one attached hydrogen (secondary N) is 1. The Kier molecular flexibility index (Phi) is 7.20. The maximum Gasteiger partial charge on any atom is 0.425 e. The van der Waals surface area contributed by atoms with Gasteiger partial charge in [0, 0.05) is 32.4 Å². The molecule has 0 aromatic carbocycles. The molecule has 2 aromatic rings. The van der Waals surface area contributed by atoms with Crippen LogP contribution in [0, 0.1) is 11.3 Å². The van der Waals surface area contributed by atoms with Gasteiger partial charge in [0.1, 0.15) is 18.5 Å². The van der Waals surface area contributed by atoms with Crippen LogP contribution < -0.4 is 15.2 Å². The van der Waals surface area contributed by atoms with Crippen molar-refractivity contribution in [2.24, 2.45) is 0 Å². The number of alkyl halides is 3. The average Bonchev–Trinajstić information content (AvgIpc) is 3.29. The van der Waals surface area contributed by atoms with Crippen LogP contribution in [0.1, 0.15) is 30.4 Å². The number of carbonyl (C=O) groups is 1. The monoisotopic (exact) mass is 492 g/mol. The van der Waals surface area contributed by atoms with Gasteiger partial charge in [-0.1, -0.05) is 0 Å². The predicted molar refractivity (Wildman–Crippen MR) is 116 cm³/mol. The third-order valence-corrected chi connectivity index (χ3v) is 5.96. The molecule has 10 nitrogen and oxygen atoms in total. The van der Waals surface area contributed by atoms with Crippen LogP contribution in [-0.4, -0.2) is 71.0 Å². The lowest BCUT2D eigenvalue weighted by Gasteiger charge is -2.35. The summed E-state index contributed by atoms with van der Waals surface area (Å²) in [6.45, 7) is 2.08. The van der Waals surface area contributed by atoms with E-state index in [1.165, 1.54) is 6.20 Å². The van der Waals surface area contributed by atoms with Crippen molar-refractivity contribution >= 4 is 11.7 Å². The summed E-state index contributed by atoms with van der Waals surface area (Å²) in [6.07, 6.45) is -2.12. The average molecular weight is 492 g/mol. The number of rotatable bonds is 6. The lowest BCUT2D eigenvalue weighted by Crippen LogP contribution is -2.49. The van der Waals surface area contributed by atoms with Crippen LogP contribution >= 0.6 is 0 Å². The van der Waals surface area contributed by atoms with E-state index in [1.54, 1.807) is 22.1 Å². The second-order valence-corrected chi connectivity index (χ2v) is 8.29. The molecule has 2 aliphatic heterocycles. The van der Waals surface area contributed by atoms with Crippen LogP contribution in [0.4, 0.5) is 19.0 Å². The Bertz CT molecular complexity index is 1140. The molecular weight excluding hydrogens is 469 g/mol. The maximum absolute atomic E-state index is 13.1. The molecule has 4 rings (SSSR count). The van der Waals surface area contributed by atoms with Crippen LogP contribution in [0.3, 0.4) is 0 Å². The zero-order valence-electron chi connectivity index (χ0n) is 18.6. The maximum atomic E-state index is 13.1. The van der Waals surface area contributed by atoms with Gasteiger partial charge in [-0.05, 0) is 25.0 Å². The van der Waals surface area contributed by atoms with E-state index in [-0.39, 0.29) is 25.0 Å². The van der Waals surface area contributed by atoms with Crippen molar-refractivity contribution < 1.29 is 27.4 Å². The van der Waals surface area contributed by atoms with Crippen molar-refractivity contribution in [1.82, 2.24) is 20.1 Å². The van der Waals surface area contributed by atoms with Crippen LogP contribution in [0.25, 0.3) is 0 Å². The van der Waals surface area contributed by atoms with Crippen LogP contribution in [0.15, 0.2) is 29.3 Å². The van der Waals surface area contributed by atoms with Crippen molar-refractivity contribution in [1.29, 1.82) is 5.26 Å². The van der Waals surface area contributed by atoms with Crippen molar-refractivity contribution in [2.75, 3.05) is 37.7 Å². The standard InChI is InChI=1S/C22H23F3N6O4/c23-22(24,25)20-17(12-28-29-21(20)33)34-13-16-3-2-15(35-16)9-19(32)31-7-5-30(6-8-31)18-4-1-14(10-26)11-27-18/h1,4,11-12,15-16H,2-3,5-9,13H2,(H,29,33). The van der Waals surface area contributed by atoms with Gasteiger partial charge < -0.3 is 19.3 Å². The molecule has 186 valence electrons.